The molecule has 1 heterocycles. The SMILES string of the molecule is NC[C@@H]1CCN(S(=O)(=O)NC(=O)c2cc(Cl)c(OCC3CCCC3)cc2F)C1. The van der Waals surface area contributed by atoms with Crippen molar-refractivity contribution in [3.05, 3.63) is 28.5 Å². The number of amides is 1. The molecule has 0 spiro atoms. The molecule has 28 heavy (non-hydrogen) atoms. The molecule has 1 saturated heterocycles. The highest BCUT2D eigenvalue weighted by atomic mass is 35.5. The van der Waals surface area contributed by atoms with Crippen molar-refractivity contribution in [2.24, 2.45) is 17.6 Å². The molecule has 1 aromatic carbocycles. The number of benzene rings is 1. The van der Waals surface area contributed by atoms with Crippen molar-refractivity contribution >= 4 is 27.7 Å². The minimum Gasteiger partial charge on any atom is -0.492 e. The summed E-state index contributed by atoms with van der Waals surface area (Å²) in [6.07, 6.45) is 5.08. The lowest BCUT2D eigenvalue weighted by Crippen LogP contribution is -2.42. The number of halogens is 2. The van der Waals surface area contributed by atoms with Gasteiger partial charge in [0.05, 0.1) is 17.2 Å². The zero-order valence-electron chi connectivity index (χ0n) is 15.5. The summed E-state index contributed by atoms with van der Waals surface area (Å²) in [5.41, 5.74) is 5.11. The molecule has 0 radical (unpaired) electrons. The number of nitrogens with zero attached hydrogens (tertiary/aromatic N) is 1. The first-order valence-electron chi connectivity index (χ1n) is 9.44. The van der Waals surface area contributed by atoms with Crippen LogP contribution in [0, 0.1) is 17.7 Å². The molecular formula is C18H25ClFN3O4S. The minimum absolute atomic E-state index is 0.0501. The van der Waals surface area contributed by atoms with E-state index < -0.39 is 27.5 Å². The lowest BCUT2D eigenvalue weighted by molar-refractivity contribution is 0.0975. The molecule has 0 bridgehead atoms. The minimum atomic E-state index is -4.07. The Labute approximate surface area is 169 Å². The van der Waals surface area contributed by atoms with E-state index in [9.17, 15) is 17.6 Å². The van der Waals surface area contributed by atoms with E-state index in [0.717, 1.165) is 42.1 Å². The first-order valence-corrected chi connectivity index (χ1v) is 11.3. The van der Waals surface area contributed by atoms with Gasteiger partial charge in [0.2, 0.25) is 0 Å². The van der Waals surface area contributed by atoms with Crippen LogP contribution in [0.15, 0.2) is 12.1 Å². The third-order valence-corrected chi connectivity index (χ3v) is 7.11. The fourth-order valence-corrected chi connectivity index (χ4v) is 5.09. The van der Waals surface area contributed by atoms with Gasteiger partial charge >= 0.3 is 10.2 Å². The Morgan fingerprint density at radius 3 is 2.64 bits per heavy atom. The Morgan fingerprint density at radius 2 is 2.00 bits per heavy atom. The largest absolute Gasteiger partial charge is 0.492 e. The van der Waals surface area contributed by atoms with Gasteiger partial charge in [0.1, 0.15) is 11.6 Å². The van der Waals surface area contributed by atoms with Crippen molar-refractivity contribution < 1.29 is 22.3 Å². The predicted octanol–water partition coefficient (Wildman–Crippen LogP) is 2.30. The van der Waals surface area contributed by atoms with Crippen LogP contribution in [0.4, 0.5) is 4.39 Å². The van der Waals surface area contributed by atoms with E-state index in [4.69, 9.17) is 22.1 Å². The molecule has 0 unspecified atom stereocenters. The van der Waals surface area contributed by atoms with Gasteiger partial charge in [-0.05, 0) is 43.7 Å². The molecule has 1 atom stereocenters. The number of hydrogen-bond acceptors (Lipinski definition) is 5. The molecule has 2 aliphatic rings. The van der Waals surface area contributed by atoms with Crippen LogP contribution in [0.2, 0.25) is 5.02 Å². The van der Waals surface area contributed by atoms with Crippen molar-refractivity contribution in [2.45, 2.75) is 32.1 Å². The molecule has 3 rings (SSSR count). The zero-order chi connectivity index (χ0) is 20.3. The van der Waals surface area contributed by atoms with Crippen molar-refractivity contribution in [3.63, 3.8) is 0 Å². The lowest BCUT2D eigenvalue weighted by atomic mass is 10.1. The summed E-state index contributed by atoms with van der Waals surface area (Å²) >= 11 is 6.12. The van der Waals surface area contributed by atoms with Crippen LogP contribution in [0.5, 0.6) is 5.75 Å². The summed E-state index contributed by atoms with van der Waals surface area (Å²) in [5, 5.41) is 0.0614. The number of hydrogen-bond donors (Lipinski definition) is 2. The quantitative estimate of drug-likeness (QED) is 0.687. The van der Waals surface area contributed by atoms with Crippen molar-refractivity contribution in [1.82, 2.24) is 9.03 Å². The zero-order valence-corrected chi connectivity index (χ0v) is 17.1. The van der Waals surface area contributed by atoms with Gasteiger partial charge in [0, 0.05) is 19.2 Å². The second kappa shape index (κ2) is 8.94. The maximum atomic E-state index is 14.4. The lowest BCUT2D eigenvalue weighted by Gasteiger charge is -2.17. The summed E-state index contributed by atoms with van der Waals surface area (Å²) < 4.78 is 47.8. The Bertz CT molecular complexity index is 830. The van der Waals surface area contributed by atoms with E-state index in [1.54, 1.807) is 0 Å². The van der Waals surface area contributed by atoms with Crippen LogP contribution in [0.3, 0.4) is 0 Å². The Kier molecular flexibility index (Phi) is 6.80. The van der Waals surface area contributed by atoms with E-state index in [-0.39, 0.29) is 29.8 Å². The molecule has 1 saturated carbocycles. The van der Waals surface area contributed by atoms with E-state index in [0.29, 0.717) is 25.5 Å². The normalized spacial score (nSPS) is 21.2. The topological polar surface area (TPSA) is 102 Å². The number of nitrogens with one attached hydrogen (secondary N) is 1. The molecule has 1 aliphatic heterocycles. The average molecular weight is 434 g/mol. The third-order valence-electron chi connectivity index (χ3n) is 5.36. The van der Waals surface area contributed by atoms with Gasteiger partial charge in [-0.3, -0.25) is 4.79 Å². The van der Waals surface area contributed by atoms with E-state index >= 15 is 0 Å². The molecule has 3 N–H and O–H groups in total. The Hall–Kier alpha value is -1.42. The summed E-state index contributed by atoms with van der Waals surface area (Å²) in [5.74, 6) is -1.34. The number of carbonyl (C=O) groups excluding carboxylic acids is 1. The maximum Gasteiger partial charge on any atom is 0.304 e. The van der Waals surface area contributed by atoms with Crippen molar-refractivity contribution in [1.29, 1.82) is 0 Å². The standard InChI is InChI=1S/C18H25ClFN3O4S/c19-15-7-14(16(20)8-17(15)27-11-12-3-1-2-4-12)18(24)22-28(25,26)23-6-5-13(9-21)10-23/h7-8,12-13H,1-6,9-11,21H2,(H,22,24)/t13-/m0/s1. The first-order chi connectivity index (χ1) is 13.3. The summed E-state index contributed by atoms with van der Waals surface area (Å²) in [4.78, 5) is 12.3. The molecule has 1 aliphatic carbocycles. The molecule has 2 fully saturated rings. The molecule has 10 heteroatoms. The van der Waals surface area contributed by atoms with Gasteiger partial charge in [0.15, 0.2) is 0 Å². The number of ether oxygens (including phenoxy) is 1. The van der Waals surface area contributed by atoms with Crippen molar-refractivity contribution in [3.8, 4) is 5.75 Å². The molecule has 156 valence electrons. The van der Waals surface area contributed by atoms with Gasteiger partial charge in [0.25, 0.3) is 5.91 Å². The highest BCUT2D eigenvalue weighted by Crippen LogP contribution is 2.31. The number of rotatable bonds is 7. The first kappa shape index (κ1) is 21.3. The molecular weight excluding hydrogens is 409 g/mol. The monoisotopic (exact) mass is 433 g/mol. The molecule has 1 amide bonds. The molecule has 0 aromatic heterocycles. The average Bonchev–Trinajstić information content (AvgIpc) is 3.33. The third kappa shape index (κ3) is 4.94. The predicted molar refractivity (Wildman–Crippen MR) is 104 cm³/mol. The van der Waals surface area contributed by atoms with E-state index in [2.05, 4.69) is 0 Å². The number of carbonyl (C=O) groups is 1. The van der Waals surface area contributed by atoms with Gasteiger partial charge < -0.3 is 10.5 Å². The van der Waals surface area contributed by atoms with E-state index in [1.165, 1.54) is 0 Å². The van der Waals surface area contributed by atoms with Crippen LogP contribution in [0.25, 0.3) is 0 Å². The second-order valence-corrected chi connectivity index (χ2v) is 9.49. The van der Waals surface area contributed by atoms with Gasteiger partial charge in [-0.15, -0.1) is 0 Å². The van der Waals surface area contributed by atoms with Gasteiger partial charge in [-0.1, -0.05) is 24.4 Å². The van der Waals surface area contributed by atoms with Crippen LogP contribution in [-0.2, 0) is 10.2 Å². The summed E-state index contributed by atoms with van der Waals surface area (Å²) in [7, 11) is -4.07. The smallest absolute Gasteiger partial charge is 0.304 e. The highest BCUT2D eigenvalue weighted by molar-refractivity contribution is 7.87. The molecule has 1 aromatic rings. The van der Waals surface area contributed by atoms with Crippen LogP contribution < -0.4 is 15.2 Å². The summed E-state index contributed by atoms with van der Waals surface area (Å²) in [6, 6.07) is 2.12. The van der Waals surface area contributed by atoms with Crippen LogP contribution in [0.1, 0.15) is 42.5 Å². The van der Waals surface area contributed by atoms with Crippen molar-refractivity contribution in [2.75, 3.05) is 26.2 Å². The van der Waals surface area contributed by atoms with Crippen LogP contribution >= 0.6 is 11.6 Å². The second-order valence-electron chi connectivity index (χ2n) is 7.41. The maximum absolute atomic E-state index is 14.4. The highest BCUT2D eigenvalue weighted by Gasteiger charge is 2.32. The Morgan fingerprint density at radius 1 is 1.29 bits per heavy atom. The van der Waals surface area contributed by atoms with Gasteiger partial charge in [-0.2, -0.15) is 12.7 Å². The molecule has 7 nitrogen and oxygen atoms in total. The summed E-state index contributed by atoms with van der Waals surface area (Å²) in [6.45, 7) is 1.31. The number of nitrogens with two attached hydrogens (primary N) is 1. The van der Waals surface area contributed by atoms with Gasteiger partial charge in [-0.25, -0.2) is 9.11 Å². The van der Waals surface area contributed by atoms with E-state index in [1.807, 2.05) is 4.72 Å². The fraction of sp³-hybridized carbons (Fsp3) is 0.611. The Balaban J connectivity index is 1.67. The van der Waals surface area contributed by atoms with Crippen LogP contribution in [-0.4, -0.2) is 44.9 Å². The fourth-order valence-electron chi connectivity index (χ4n) is 3.64.